The summed E-state index contributed by atoms with van der Waals surface area (Å²) in [5, 5.41) is 9.98. The van der Waals surface area contributed by atoms with E-state index < -0.39 is 11.7 Å². The monoisotopic (exact) mass is 296 g/mol. The minimum atomic E-state index is -3.07. The van der Waals surface area contributed by atoms with Crippen LogP contribution < -0.4 is 0 Å². The second kappa shape index (κ2) is 7.81. The van der Waals surface area contributed by atoms with Crippen LogP contribution in [0.15, 0.2) is 59.6 Å². The van der Waals surface area contributed by atoms with Crippen LogP contribution >= 0.6 is 0 Å². The van der Waals surface area contributed by atoms with Gasteiger partial charge in [-0.15, -0.1) is 0 Å². The summed E-state index contributed by atoms with van der Waals surface area (Å²) in [6, 6.07) is 0. The summed E-state index contributed by atoms with van der Waals surface area (Å²) < 4.78 is 33.6. The average Bonchev–Trinajstić information content (AvgIpc) is 2.45. The predicted molar refractivity (Wildman–Crippen MR) is 81.3 cm³/mol. The molecule has 0 aliphatic heterocycles. The molecule has 116 valence electrons. The summed E-state index contributed by atoms with van der Waals surface area (Å²) in [5.41, 5.74) is 0.00541. The van der Waals surface area contributed by atoms with Crippen LogP contribution in [0.3, 0.4) is 0 Å². The number of hydrogen-bond acceptors (Lipinski definition) is 2. The zero-order chi connectivity index (χ0) is 15.9. The molecule has 0 aromatic rings. The molecule has 0 unspecified atom stereocenters. The molecule has 0 aromatic heterocycles. The van der Waals surface area contributed by atoms with Crippen molar-refractivity contribution in [3.8, 4) is 0 Å². The van der Waals surface area contributed by atoms with Crippen molar-refractivity contribution >= 4 is 0 Å². The predicted octanol–water partition coefficient (Wildman–Crippen LogP) is 5.23. The van der Waals surface area contributed by atoms with Gasteiger partial charge in [0.05, 0.1) is 12.7 Å². The lowest BCUT2D eigenvalue weighted by molar-refractivity contribution is 0.0272. The molecular formula is C17H22F2O2. The van der Waals surface area contributed by atoms with Crippen LogP contribution in [0.25, 0.3) is 0 Å². The number of alkyl halides is 2. The molecule has 0 saturated carbocycles. The molecule has 0 fully saturated rings. The molecule has 0 amide bonds. The van der Waals surface area contributed by atoms with Crippen molar-refractivity contribution in [2.45, 2.75) is 38.5 Å². The maximum Gasteiger partial charge on any atom is 0.276 e. The Labute approximate surface area is 124 Å². The summed E-state index contributed by atoms with van der Waals surface area (Å²) in [4.78, 5) is 0. The van der Waals surface area contributed by atoms with Crippen molar-refractivity contribution in [1.82, 2.24) is 0 Å². The van der Waals surface area contributed by atoms with Gasteiger partial charge in [-0.25, -0.2) is 8.78 Å². The van der Waals surface area contributed by atoms with Gasteiger partial charge < -0.3 is 9.84 Å². The Hall–Kier alpha value is -1.84. The van der Waals surface area contributed by atoms with E-state index in [4.69, 9.17) is 4.74 Å². The SMILES string of the molecule is C=C1/C=C\C(OC)=C/C/C=C(O)\C(C(F)(F)CCCC)=C/1. The summed E-state index contributed by atoms with van der Waals surface area (Å²) in [5.74, 6) is -2.88. The van der Waals surface area contributed by atoms with Crippen LogP contribution in [0.2, 0.25) is 0 Å². The Balaban J connectivity index is 3.13. The van der Waals surface area contributed by atoms with Crippen molar-refractivity contribution in [2.24, 2.45) is 0 Å². The van der Waals surface area contributed by atoms with Gasteiger partial charge >= 0.3 is 0 Å². The number of rotatable bonds is 5. The summed E-state index contributed by atoms with van der Waals surface area (Å²) in [7, 11) is 1.52. The third-order valence-electron chi connectivity index (χ3n) is 3.17. The topological polar surface area (TPSA) is 29.5 Å². The van der Waals surface area contributed by atoms with Crippen molar-refractivity contribution in [3.63, 3.8) is 0 Å². The average molecular weight is 296 g/mol. The van der Waals surface area contributed by atoms with E-state index in [2.05, 4.69) is 6.58 Å². The number of allylic oxidation sites excluding steroid dienone is 7. The van der Waals surface area contributed by atoms with E-state index in [0.717, 1.165) is 0 Å². The lowest BCUT2D eigenvalue weighted by Gasteiger charge is -2.20. The standard InChI is InChI=1S/C17H22F2O2/c1-4-5-11-17(18,19)15-12-13(2)9-10-14(21-3)7-6-8-16(15)20/h7-10,12,20H,2,4-6,11H2,1,3H3/b10-9-,14-7+,15-12+,16-8+. The molecule has 21 heavy (non-hydrogen) atoms. The quantitative estimate of drug-likeness (QED) is 0.753. The number of ether oxygens (including phenoxy) is 1. The fourth-order valence-electron chi connectivity index (χ4n) is 1.94. The smallest absolute Gasteiger partial charge is 0.276 e. The number of hydrogen-bond donors (Lipinski definition) is 1. The van der Waals surface area contributed by atoms with Crippen LogP contribution in [-0.2, 0) is 4.74 Å². The molecule has 1 rings (SSSR count). The number of aliphatic hydroxyl groups excluding tert-OH is 1. The zero-order valence-corrected chi connectivity index (χ0v) is 12.5. The maximum atomic E-state index is 14.2. The second-order valence-corrected chi connectivity index (χ2v) is 4.91. The third-order valence-corrected chi connectivity index (χ3v) is 3.17. The Bertz CT molecular complexity index is 497. The molecule has 0 spiro atoms. The first-order chi connectivity index (χ1) is 9.90. The van der Waals surface area contributed by atoms with Crippen molar-refractivity contribution in [3.05, 3.63) is 59.6 Å². The lowest BCUT2D eigenvalue weighted by atomic mass is 9.97. The fraction of sp³-hybridized carbons (Fsp3) is 0.412. The Kier molecular flexibility index (Phi) is 6.40. The summed E-state index contributed by atoms with van der Waals surface area (Å²) >= 11 is 0. The minimum absolute atomic E-state index is 0.288. The highest BCUT2D eigenvalue weighted by Gasteiger charge is 2.35. The van der Waals surface area contributed by atoms with E-state index in [9.17, 15) is 13.9 Å². The molecule has 2 nitrogen and oxygen atoms in total. The Morgan fingerprint density at radius 1 is 1.33 bits per heavy atom. The molecule has 0 radical (unpaired) electrons. The number of halogens is 2. The van der Waals surface area contributed by atoms with Crippen LogP contribution in [0.1, 0.15) is 32.6 Å². The van der Waals surface area contributed by atoms with Gasteiger partial charge in [0.2, 0.25) is 0 Å². The van der Waals surface area contributed by atoms with E-state index in [-0.39, 0.29) is 12.0 Å². The van der Waals surface area contributed by atoms with Gasteiger partial charge in [-0.05, 0) is 42.7 Å². The zero-order valence-electron chi connectivity index (χ0n) is 12.5. The first kappa shape index (κ1) is 17.2. The van der Waals surface area contributed by atoms with Crippen molar-refractivity contribution < 1.29 is 18.6 Å². The Morgan fingerprint density at radius 2 is 2.05 bits per heavy atom. The van der Waals surface area contributed by atoms with Gasteiger partial charge in [-0.3, -0.25) is 0 Å². The summed E-state index contributed by atoms with van der Waals surface area (Å²) in [6.45, 7) is 5.57. The van der Waals surface area contributed by atoms with Gasteiger partial charge in [0, 0.05) is 6.42 Å². The van der Waals surface area contributed by atoms with E-state index in [1.807, 2.05) is 6.92 Å². The lowest BCUT2D eigenvalue weighted by Crippen LogP contribution is -2.21. The van der Waals surface area contributed by atoms with Gasteiger partial charge in [-0.1, -0.05) is 26.0 Å². The van der Waals surface area contributed by atoms with E-state index in [1.54, 1.807) is 18.2 Å². The fourth-order valence-corrected chi connectivity index (χ4v) is 1.94. The van der Waals surface area contributed by atoms with Crippen LogP contribution in [0.5, 0.6) is 0 Å². The highest BCUT2D eigenvalue weighted by atomic mass is 19.3. The molecule has 1 N–H and O–H groups in total. The van der Waals surface area contributed by atoms with Gasteiger partial charge in [0.1, 0.15) is 11.5 Å². The molecule has 0 bridgehead atoms. The number of methoxy groups -OCH3 is 1. The molecule has 4 heteroatoms. The molecular weight excluding hydrogens is 274 g/mol. The first-order valence-electron chi connectivity index (χ1n) is 7.01. The Morgan fingerprint density at radius 3 is 2.67 bits per heavy atom. The highest BCUT2D eigenvalue weighted by molar-refractivity contribution is 5.43. The number of unbranched alkanes of at least 4 members (excludes halogenated alkanes) is 1. The molecule has 1 aliphatic carbocycles. The van der Waals surface area contributed by atoms with Crippen molar-refractivity contribution in [2.75, 3.05) is 7.11 Å². The number of aliphatic hydroxyl groups is 1. The second-order valence-electron chi connectivity index (χ2n) is 4.91. The molecule has 0 aromatic carbocycles. The van der Waals surface area contributed by atoms with Crippen molar-refractivity contribution in [1.29, 1.82) is 0 Å². The van der Waals surface area contributed by atoms with Gasteiger partial charge in [0.25, 0.3) is 5.92 Å². The molecule has 0 atom stereocenters. The normalized spacial score (nSPS) is 25.9. The summed E-state index contributed by atoms with van der Waals surface area (Å²) in [6.07, 6.45) is 8.64. The van der Waals surface area contributed by atoms with Crippen LogP contribution in [0, 0.1) is 0 Å². The van der Waals surface area contributed by atoms with Crippen LogP contribution in [0.4, 0.5) is 8.78 Å². The first-order valence-corrected chi connectivity index (χ1v) is 7.01. The highest BCUT2D eigenvalue weighted by Crippen LogP contribution is 2.35. The van der Waals surface area contributed by atoms with E-state index in [0.29, 0.717) is 30.6 Å². The van der Waals surface area contributed by atoms with Gasteiger partial charge in [-0.2, -0.15) is 0 Å². The van der Waals surface area contributed by atoms with E-state index >= 15 is 0 Å². The molecule has 1 aliphatic rings. The van der Waals surface area contributed by atoms with Gasteiger partial charge in [0.15, 0.2) is 0 Å². The van der Waals surface area contributed by atoms with Crippen LogP contribution in [-0.4, -0.2) is 18.1 Å². The largest absolute Gasteiger partial charge is 0.508 e. The molecule has 0 saturated heterocycles. The molecule has 0 heterocycles. The maximum absolute atomic E-state index is 14.2. The van der Waals surface area contributed by atoms with E-state index in [1.165, 1.54) is 19.3 Å². The third kappa shape index (κ3) is 5.21. The minimum Gasteiger partial charge on any atom is -0.508 e.